The minimum Gasteiger partial charge on any atom is -0.255 e. The molecule has 18 heavy (non-hydrogen) atoms. The Kier molecular flexibility index (Phi) is 3.69. The Hall–Kier alpha value is -0.990. The standard InChI is InChI=1S/C10H8BrFN2O2S2/c1-6-5-17-10(13-6)14-18(15,16)9-3-2-7(11)4-8(9)12/h2-5H,1H3,(H,13,14). The van der Waals surface area contributed by atoms with Gasteiger partial charge in [0.25, 0.3) is 10.0 Å². The summed E-state index contributed by atoms with van der Waals surface area (Å²) in [5.41, 5.74) is 0.703. The van der Waals surface area contributed by atoms with Crippen molar-refractivity contribution in [1.82, 2.24) is 4.98 Å². The lowest BCUT2D eigenvalue weighted by molar-refractivity contribution is 0.570. The van der Waals surface area contributed by atoms with Crippen LogP contribution in [0.1, 0.15) is 5.69 Å². The minimum atomic E-state index is -3.95. The molecule has 1 aromatic carbocycles. The molecule has 2 aromatic rings. The van der Waals surface area contributed by atoms with E-state index in [1.54, 1.807) is 12.3 Å². The van der Waals surface area contributed by atoms with E-state index in [9.17, 15) is 12.8 Å². The summed E-state index contributed by atoms with van der Waals surface area (Å²) in [6.45, 7) is 1.74. The van der Waals surface area contributed by atoms with Gasteiger partial charge in [0.1, 0.15) is 10.7 Å². The first kappa shape index (κ1) is 13.4. The Balaban J connectivity index is 2.36. The van der Waals surface area contributed by atoms with Crippen LogP contribution in [0.2, 0.25) is 0 Å². The molecule has 0 unspecified atom stereocenters. The monoisotopic (exact) mass is 350 g/mol. The van der Waals surface area contributed by atoms with Gasteiger partial charge in [-0.3, -0.25) is 4.72 Å². The summed E-state index contributed by atoms with van der Waals surface area (Å²) < 4.78 is 40.2. The zero-order valence-corrected chi connectivity index (χ0v) is 12.4. The second-order valence-electron chi connectivity index (χ2n) is 3.47. The Morgan fingerprint density at radius 3 is 2.72 bits per heavy atom. The maximum absolute atomic E-state index is 13.6. The number of hydrogen-bond acceptors (Lipinski definition) is 4. The van der Waals surface area contributed by atoms with E-state index in [0.717, 1.165) is 17.4 Å². The maximum atomic E-state index is 13.6. The number of thiazole rings is 1. The predicted molar refractivity (Wildman–Crippen MR) is 71.8 cm³/mol. The molecule has 96 valence electrons. The normalized spacial score (nSPS) is 11.5. The number of nitrogens with one attached hydrogen (secondary N) is 1. The van der Waals surface area contributed by atoms with E-state index in [0.29, 0.717) is 10.2 Å². The molecule has 0 amide bonds. The van der Waals surface area contributed by atoms with Gasteiger partial charge < -0.3 is 0 Å². The van der Waals surface area contributed by atoms with Crippen LogP contribution in [-0.2, 0) is 10.0 Å². The molecule has 0 spiro atoms. The van der Waals surface area contributed by atoms with Gasteiger partial charge >= 0.3 is 0 Å². The molecule has 0 saturated heterocycles. The third-order valence-corrected chi connectivity index (χ3v) is 4.89. The second kappa shape index (κ2) is 4.94. The van der Waals surface area contributed by atoms with Crippen LogP contribution in [0.5, 0.6) is 0 Å². The Morgan fingerprint density at radius 2 is 2.17 bits per heavy atom. The van der Waals surface area contributed by atoms with Crippen LogP contribution in [0.25, 0.3) is 0 Å². The molecule has 0 aliphatic carbocycles. The lowest BCUT2D eigenvalue weighted by Gasteiger charge is -2.06. The van der Waals surface area contributed by atoms with Crippen LogP contribution < -0.4 is 4.72 Å². The number of benzene rings is 1. The third kappa shape index (κ3) is 2.88. The Morgan fingerprint density at radius 1 is 1.44 bits per heavy atom. The highest BCUT2D eigenvalue weighted by atomic mass is 79.9. The fourth-order valence-electron chi connectivity index (χ4n) is 1.26. The summed E-state index contributed by atoms with van der Waals surface area (Å²) >= 11 is 4.21. The number of aromatic nitrogens is 1. The highest BCUT2D eigenvalue weighted by Gasteiger charge is 2.20. The molecular weight excluding hydrogens is 343 g/mol. The number of anilines is 1. The fraction of sp³-hybridized carbons (Fsp3) is 0.100. The average molecular weight is 351 g/mol. The van der Waals surface area contributed by atoms with E-state index in [-0.39, 0.29) is 5.13 Å². The van der Waals surface area contributed by atoms with Crippen molar-refractivity contribution < 1.29 is 12.8 Å². The van der Waals surface area contributed by atoms with Crippen molar-refractivity contribution >= 4 is 42.4 Å². The van der Waals surface area contributed by atoms with Crippen molar-refractivity contribution in [3.63, 3.8) is 0 Å². The average Bonchev–Trinajstić information content (AvgIpc) is 2.62. The van der Waals surface area contributed by atoms with Gasteiger partial charge in [0.2, 0.25) is 0 Å². The van der Waals surface area contributed by atoms with Crippen molar-refractivity contribution in [3.8, 4) is 0 Å². The number of rotatable bonds is 3. The molecule has 1 heterocycles. The van der Waals surface area contributed by atoms with E-state index in [1.165, 1.54) is 12.1 Å². The molecular formula is C10H8BrFN2O2S2. The van der Waals surface area contributed by atoms with Crippen molar-refractivity contribution in [3.05, 3.63) is 39.6 Å². The highest BCUT2D eigenvalue weighted by molar-refractivity contribution is 9.10. The Labute approximate surface area is 116 Å². The summed E-state index contributed by atoms with van der Waals surface area (Å²) in [6, 6.07) is 3.76. The van der Waals surface area contributed by atoms with E-state index in [4.69, 9.17) is 0 Å². The molecule has 0 radical (unpaired) electrons. The number of sulfonamides is 1. The van der Waals surface area contributed by atoms with Crippen LogP contribution in [-0.4, -0.2) is 13.4 Å². The van der Waals surface area contributed by atoms with Gasteiger partial charge in [0, 0.05) is 9.85 Å². The Bertz CT molecular complexity index is 685. The zero-order chi connectivity index (χ0) is 13.3. The summed E-state index contributed by atoms with van der Waals surface area (Å²) in [7, 11) is -3.95. The van der Waals surface area contributed by atoms with Crippen LogP contribution in [0.4, 0.5) is 9.52 Å². The van der Waals surface area contributed by atoms with Gasteiger partial charge in [-0.25, -0.2) is 17.8 Å². The van der Waals surface area contributed by atoms with Crippen LogP contribution >= 0.6 is 27.3 Å². The van der Waals surface area contributed by atoms with Gasteiger partial charge in [0.05, 0.1) is 5.69 Å². The summed E-state index contributed by atoms with van der Waals surface area (Å²) in [6.07, 6.45) is 0. The van der Waals surface area contributed by atoms with E-state index >= 15 is 0 Å². The van der Waals surface area contributed by atoms with Gasteiger partial charge in [-0.2, -0.15) is 0 Å². The quantitative estimate of drug-likeness (QED) is 0.924. The molecule has 0 aliphatic rings. The molecule has 0 saturated carbocycles. The van der Waals surface area contributed by atoms with Crippen molar-refractivity contribution in [2.24, 2.45) is 0 Å². The highest BCUT2D eigenvalue weighted by Crippen LogP contribution is 2.23. The number of nitrogens with zero attached hydrogens (tertiary/aromatic N) is 1. The van der Waals surface area contributed by atoms with Crippen LogP contribution in [0, 0.1) is 12.7 Å². The lowest BCUT2D eigenvalue weighted by atomic mass is 10.3. The maximum Gasteiger partial charge on any atom is 0.266 e. The molecule has 0 atom stereocenters. The smallest absolute Gasteiger partial charge is 0.255 e. The summed E-state index contributed by atoms with van der Waals surface area (Å²) in [5.74, 6) is -0.815. The van der Waals surface area contributed by atoms with Gasteiger partial charge in [-0.1, -0.05) is 15.9 Å². The molecule has 0 fully saturated rings. The van der Waals surface area contributed by atoms with Gasteiger partial charge in [0.15, 0.2) is 5.13 Å². The largest absolute Gasteiger partial charge is 0.266 e. The van der Waals surface area contributed by atoms with E-state index in [2.05, 4.69) is 25.6 Å². The fourth-order valence-corrected chi connectivity index (χ4v) is 3.60. The summed E-state index contributed by atoms with van der Waals surface area (Å²) in [4.78, 5) is 3.56. The third-order valence-electron chi connectivity index (χ3n) is 2.02. The van der Waals surface area contributed by atoms with Gasteiger partial charge in [-0.15, -0.1) is 11.3 Å². The molecule has 0 aliphatic heterocycles. The SMILES string of the molecule is Cc1csc(NS(=O)(=O)c2ccc(Br)cc2F)n1. The lowest BCUT2D eigenvalue weighted by Crippen LogP contribution is -2.14. The first-order valence-electron chi connectivity index (χ1n) is 4.78. The minimum absolute atomic E-state index is 0.217. The summed E-state index contributed by atoms with van der Waals surface area (Å²) in [5, 5.41) is 1.92. The zero-order valence-electron chi connectivity index (χ0n) is 9.15. The molecule has 1 N–H and O–H groups in total. The number of aryl methyl sites for hydroxylation is 1. The first-order chi connectivity index (χ1) is 8.38. The van der Waals surface area contributed by atoms with Crippen molar-refractivity contribution in [1.29, 1.82) is 0 Å². The van der Waals surface area contributed by atoms with Crippen LogP contribution in [0.15, 0.2) is 32.9 Å². The van der Waals surface area contributed by atoms with Crippen molar-refractivity contribution in [2.45, 2.75) is 11.8 Å². The number of halogens is 2. The van der Waals surface area contributed by atoms with E-state index < -0.39 is 20.7 Å². The number of hydrogen-bond donors (Lipinski definition) is 1. The predicted octanol–water partition coefficient (Wildman–Crippen LogP) is 3.15. The van der Waals surface area contributed by atoms with Crippen LogP contribution in [0.3, 0.4) is 0 Å². The molecule has 0 bridgehead atoms. The topological polar surface area (TPSA) is 59.1 Å². The molecule has 1 aromatic heterocycles. The van der Waals surface area contributed by atoms with E-state index in [1.807, 2.05) is 0 Å². The molecule has 4 nitrogen and oxygen atoms in total. The van der Waals surface area contributed by atoms with Gasteiger partial charge in [-0.05, 0) is 25.1 Å². The molecule has 8 heteroatoms. The molecule has 2 rings (SSSR count). The first-order valence-corrected chi connectivity index (χ1v) is 7.94. The van der Waals surface area contributed by atoms with Crippen molar-refractivity contribution in [2.75, 3.05) is 4.72 Å². The second-order valence-corrected chi connectivity index (χ2v) is 6.90.